The molecule has 0 unspecified atom stereocenters. The van der Waals surface area contributed by atoms with E-state index in [2.05, 4.69) is 10.1 Å². The summed E-state index contributed by atoms with van der Waals surface area (Å²) in [5, 5.41) is 2.26. The van der Waals surface area contributed by atoms with Crippen LogP contribution >= 0.6 is 0 Å². The van der Waals surface area contributed by atoms with E-state index in [-0.39, 0.29) is 36.9 Å². The lowest BCUT2D eigenvalue weighted by atomic mass is 10.2. The van der Waals surface area contributed by atoms with Crippen molar-refractivity contribution < 1.29 is 32.6 Å². The Hall–Kier alpha value is -2.79. The summed E-state index contributed by atoms with van der Waals surface area (Å²) in [5.41, 5.74) is 10.4. The second-order valence-electron chi connectivity index (χ2n) is 5.03. The topological polar surface area (TPSA) is 137 Å². The Bertz CT molecular complexity index is 685. The molecule has 0 spiro atoms. The number of carbonyl (C=O) groups is 3. The first-order valence-electron chi connectivity index (χ1n) is 7.12. The van der Waals surface area contributed by atoms with E-state index in [9.17, 15) is 23.2 Å². The maximum Gasteiger partial charge on any atom is 0.387 e. The Labute approximate surface area is 140 Å². The summed E-state index contributed by atoms with van der Waals surface area (Å²) in [6.07, 6.45) is 0. The number of morpholine rings is 1. The highest BCUT2D eigenvalue weighted by Gasteiger charge is 2.25. The molecule has 9 nitrogen and oxygen atoms in total. The molecule has 1 aliphatic heterocycles. The van der Waals surface area contributed by atoms with Gasteiger partial charge in [0.05, 0.1) is 12.3 Å². The molecule has 0 radical (unpaired) electrons. The molecule has 2 rings (SSSR count). The van der Waals surface area contributed by atoms with E-state index in [1.165, 1.54) is 17.0 Å². The first kappa shape index (κ1) is 18.5. The molecule has 0 aliphatic carbocycles. The van der Waals surface area contributed by atoms with Crippen molar-refractivity contribution in [2.75, 3.05) is 30.0 Å². The van der Waals surface area contributed by atoms with Crippen molar-refractivity contribution >= 4 is 29.1 Å². The van der Waals surface area contributed by atoms with E-state index >= 15 is 0 Å². The zero-order valence-electron chi connectivity index (χ0n) is 12.9. The van der Waals surface area contributed by atoms with Gasteiger partial charge in [-0.2, -0.15) is 8.78 Å². The zero-order valence-corrected chi connectivity index (χ0v) is 12.9. The number of rotatable bonds is 6. The van der Waals surface area contributed by atoms with Crippen LogP contribution in [0.4, 0.5) is 20.2 Å². The summed E-state index contributed by atoms with van der Waals surface area (Å²) in [6.45, 7) is -2.92. The average Bonchev–Trinajstić information content (AvgIpc) is 2.54. The molecule has 1 fully saturated rings. The third-order valence-corrected chi connectivity index (χ3v) is 3.31. The Morgan fingerprint density at radius 1 is 1.36 bits per heavy atom. The second kappa shape index (κ2) is 7.85. The summed E-state index contributed by atoms with van der Waals surface area (Å²) in [5.74, 6) is -2.70. The quantitative estimate of drug-likeness (QED) is 0.581. The van der Waals surface area contributed by atoms with Crippen molar-refractivity contribution in [1.29, 1.82) is 0 Å². The van der Waals surface area contributed by atoms with Crippen LogP contribution in [-0.2, 0) is 19.1 Å². The molecule has 0 bridgehead atoms. The van der Waals surface area contributed by atoms with Gasteiger partial charge in [0.1, 0.15) is 6.61 Å². The molecule has 1 heterocycles. The van der Waals surface area contributed by atoms with Crippen molar-refractivity contribution in [3.63, 3.8) is 0 Å². The fraction of sp³-hybridized carbons (Fsp3) is 0.357. The van der Waals surface area contributed by atoms with Gasteiger partial charge in [0.25, 0.3) is 11.8 Å². The minimum atomic E-state index is -3.14. The normalized spacial score (nSPS) is 15.8. The maximum atomic E-state index is 12.7. The summed E-state index contributed by atoms with van der Waals surface area (Å²) in [4.78, 5) is 35.7. The number of halogens is 2. The fourth-order valence-electron chi connectivity index (χ4n) is 2.13. The third-order valence-electron chi connectivity index (χ3n) is 3.31. The van der Waals surface area contributed by atoms with Gasteiger partial charge in [-0.15, -0.1) is 0 Å². The van der Waals surface area contributed by atoms with Gasteiger partial charge in [-0.25, -0.2) is 0 Å². The molecule has 3 amide bonds. The van der Waals surface area contributed by atoms with Gasteiger partial charge >= 0.3 is 6.61 Å². The molecule has 1 aliphatic rings. The highest BCUT2D eigenvalue weighted by atomic mass is 19.3. The van der Waals surface area contributed by atoms with E-state index < -0.39 is 30.4 Å². The first-order valence-corrected chi connectivity index (χ1v) is 7.12. The van der Waals surface area contributed by atoms with Crippen LogP contribution in [0.5, 0.6) is 5.75 Å². The van der Waals surface area contributed by atoms with Gasteiger partial charge in [-0.3, -0.25) is 14.4 Å². The number of nitrogens with one attached hydrogen (secondary N) is 1. The zero-order chi connectivity index (χ0) is 18.6. The monoisotopic (exact) mass is 358 g/mol. The van der Waals surface area contributed by atoms with E-state index in [0.29, 0.717) is 0 Å². The highest BCUT2D eigenvalue weighted by molar-refractivity contribution is 6.09. The second-order valence-corrected chi connectivity index (χ2v) is 5.03. The number of amides is 3. The van der Waals surface area contributed by atoms with Crippen LogP contribution in [0, 0.1) is 0 Å². The Balaban J connectivity index is 2.28. The number of benzene rings is 1. The number of anilines is 2. The standard InChI is InChI=1S/C14H16F2N4O5/c15-14(16)25-9-5-7(19-13(23)11(17)12(18)22)1-2-8(9)20-3-4-24-6-10(20)21/h1-2,5,11,14H,3-4,6,17H2,(H2,18,22)(H,19,23)/t11-/m1/s1. The summed E-state index contributed by atoms with van der Waals surface area (Å²) >= 11 is 0. The van der Waals surface area contributed by atoms with E-state index in [1.54, 1.807) is 0 Å². The largest absolute Gasteiger partial charge is 0.433 e. The minimum Gasteiger partial charge on any atom is -0.433 e. The number of hydrogen-bond acceptors (Lipinski definition) is 6. The molecule has 1 aromatic rings. The minimum absolute atomic E-state index is 0.0433. The van der Waals surface area contributed by atoms with Crippen LogP contribution in [0.25, 0.3) is 0 Å². The molecule has 0 aromatic heterocycles. The molecule has 11 heteroatoms. The number of hydrogen-bond donors (Lipinski definition) is 3. The van der Waals surface area contributed by atoms with Gasteiger partial charge < -0.3 is 31.2 Å². The average molecular weight is 358 g/mol. The van der Waals surface area contributed by atoms with Crippen LogP contribution in [-0.4, -0.2) is 50.1 Å². The van der Waals surface area contributed by atoms with Crippen molar-refractivity contribution in [3.8, 4) is 5.75 Å². The van der Waals surface area contributed by atoms with Crippen LogP contribution in [0.1, 0.15) is 0 Å². The molecule has 1 atom stereocenters. The molecular weight excluding hydrogens is 342 g/mol. The number of ether oxygens (including phenoxy) is 2. The highest BCUT2D eigenvalue weighted by Crippen LogP contribution is 2.33. The van der Waals surface area contributed by atoms with Crippen LogP contribution in [0.2, 0.25) is 0 Å². The van der Waals surface area contributed by atoms with Crippen LogP contribution < -0.4 is 26.4 Å². The van der Waals surface area contributed by atoms with Crippen LogP contribution in [0.3, 0.4) is 0 Å². The summed E-state index contributed by atoms with van der Waals surface area (Å²) < 4.78 is 34.8. The van der Waals surface area contributed by atoms with Gasteiger partial charge in [0.2, 0.25) is 5.91 Å². The van der Waals surface area contributed by atoms with Crippen molar-refractivity contribution in [2.45, 2.75) is 12.7 Å². The predicted molar refractivity (Wildman–Crippen MR) is 82.0 cm³/mol. The predicted octanol–water partition coefficient (Wildman–Crippen LogP) is -0.598. The number of carbonyl (C=O) groups excluding carboxylic acids is 3. The third kappa shape index (κ3) is 4.61. The molecule has 0 saturated carbocycles. The Kier molecular flexibility index (Phi) is 5.83. The molecule has 136 valence electrons. The van der Waals surface area contributed by atoms with E-state index in [1.807, 2.05) is 0 Å². The van der Waals surface area contributed by atoms with Gasteiger partial charge in [-0.1, -0.05) is 0 Å². The van der Waals surface area contributed by atoms with Crippen molar-refractivity contribution in [1.82, 2.24) is 0 Å². The first-order chi connectivity index (χ1) is 11.8. The Morgan fingerprint density at radius 3 is 2.68 bits per heavy atom. The molecule has 25 heavy (non-hydrogen) atoms. The summed E-state index contributed by atoms with van der Waals surface area (Å²) in [7, 11) is 0. The van der Waals surface area contributed by atoms with Crippen molar-refractivity contribution in [3.05, 3.63) is 18.2 Å². The maximum absolute atomic E-state index is 12.7. The number of primary amides is 1. The number of alkyl halides is 2. The van der Waals surface area contributed by atoms with E-state index in [4.69, 9.17) is 16.2 Å². The smallest absolute Gasteiger partial charge is 0.387 e. The molecule has 1 aromatic carbocycles. The van der Waals surface area contributed by atoms with Gasteiger partial charge in [0.15, 0.2) is 11.8 Å². The Morgan fingerprint density at radius 2 is 2.08 bits per heavy atom. The molecule has 5 N–H and O–H groups in total. The summed E-state index contributed by atoms with van der Waals surface area (Å²) in [6, 6.07) is 2.17. The lowest BCUT2D eigenvalue weighted by Crippen LogP contribution is -2.46. The lowest BCUT2D eigenvalue weighted by molar-refractivity contribution is -0.127. The van der Waals surface area contributed by atoms with E-state index in [0.717, 1.165) is 6.07 Å². The lowest BCUT2D eigenvalue weighted by Gasteiger charge is -2.28. The molecular formula is C14H16F2N4O5. The van der Waals surface area contributed by atoms with Crippen molar-refractivity contribution in [2.24, 2.45) is 11.5 Å². The molecule has 1 saturated heterocycles. The number of nitrogens with zero attached hydrogens (tertiary/aromatic N) is 1. The van der Waals surface area contributed by atoms with Gasteiger partial charge in [-0.05, 0) is 12.1 Å². The SMILES string of the molecule is NC(=O)[C@@H](N)C(=O)Nc1ccc(N2CCOCC2=O)c(OC(F)F)c1. The fourth-order valence-corrected chi connectivity index (χ4v) is 2.13. The van der Waals surface area contributed by atoms with Gasteiger partial charge in [0, 0.05) is 18.3 Å². The van der Waals surface area contributed by atoms with Crippen LogP contribution in [0.15, 0.2) is 18.2 Å². The number of nitrogens with two attached hydrogens (primary N) is 2.